The molecule has 1 atom stereocenters. The van der Waals surface area contributed by atoms with Crippen LogP contribution in [0, 0.1) is 0 Å². The Labute approximate surface area is 108 Å². The molecule has 1 N–H and O–H groups in total. The maximum absolute atomic E-state index is 11.8. The number of hydrogen-bond acceptors (Lipinski definition) is 5. The molecule has 0 radical (unpaired) electrons. The predicted molar refractivity (Wildman–Crippen MR) is 67.7 cm³/mol. The zero-order valence-electron chi connectivity index (χ0n) is 11.2. The summed E-state index contributed by atoms with van der Waals surface area (Å²) in [5.41, 5.74) is 0. The van der Waals surface area contributed by atoms with Crippen LogP contribution in [-0.2, 0) is 19.4 Å². The van der Waals surface area contributed by atoms with Gasteiger partial charge in [0, 0.05) is 19.3 Å². The minimum Gasteiger partial charge on any atom is -0.304 e. The van der Waals surface area contributed by atoms with Gasteiger partial charge in [0.1, 0.15) is 0 Å². The lowest BCUT2D eigenvalue weighted by atomic mass is 10.1. The molecule has 1 aliphatic rings. The SMILES string of the molecule is CCN1C(=O)CC(NCC(C)(C)S(C)(=O)=O)C1=O. The number of carbonyl (C=O) groups is 2. The molecule has 1 aliphatic heterocycles. The number of nitrogens with zero attached hydrogens (tertiary/aromatic N) is 1. The predicted octanol–water partition coefficient (Wildman–Crippen LogP) is -0.453. The lowest BCUT2D eigenvalue weighted by Crippen LogP contribution is -2.47. The number of amides is 2. The van der Waals surface area contributed by atoms with E-state index in [-0.39, 0.29) is 24.8 Å². The van der Waals surface area contributed by atoms with E-state index < -0.39 is 20.6 Å². The molecule has 0 aliphatic carbocycles. The van der Waals surface area contributed by atoms with Crippen LogP contribution >= 0.6 is 0 Å². The molecule has 0 aromatic carbocycles. The Hall–Kier alpha value is -0.950. The summed E-state index contributed by atoms with van der Waals surface area (Å²) in [5, 5.41) is 2.88. The van der Waals surface area contributed by atoms with E-state index in [1.54, 1.807) is 20.8 Å². The second-order valence-corrected chi connectivity index (χ2v) is 7.80. The van der Waals surface area contributed by atoms with Gasteiger partial charge in [-0.25, -0.2) is 8.42 Å². The molecule has 1 rings (SSSR count). The van der Waals surface area contributed by atoms with Crippen molar-refractivity contribution >= 4 is 21.7 Å². The number of carbonyl (C=O) groups excluding carboxylic acids is 2. The summed E-state index contributed by atoms with van der Waals surface area (Å²) in [7, 11) is -3.22. The number of likely N-dealkylation sites (tertiary alicyclic amines) is 1. The molecule has 1 fully saturated rings. The summed E-state index contributed by atoms with van der Waals surface area (Å²) >= 11 is 0. The Kier molecular flexibility index (Phi) is 4.17. The fraction of sp³-hybridized carbons (Fsp3) is 0.818. The highest BCUT2D eigenvalue weighted by Crippen LogP contribution is 2.17. The van der Waals surface area contributed by atoms with Crippen LogP contribution in [-0.4, -0.2) is 55.3 Å². The van der Waals surface area contributed by atoms with Crippen LogP contribution in [0.5, 0.6) is 0 Å². The van der Waals surface area contributed by atoms with Crippen molar-refractivity contribution in [2.24, 2.45) is 0 Å². The Balaban J connectivity index is 2.67. The molecule has 0 spiro atoms. The maximum atomic E-state index is 11.8. The molecule has 0 bridgehead atoms. The monoisotopic (exact) mass is 276 g/mol. The number of hydrogen-bond donors (Lipinski definition) is 1. The first-order chi connectivity index (χ1) is 8.10. The first-order valence-corrected chi connectivity index (χ1v) is 7.76. The van der Waals surface area contributed by atoms with Gasteiger partial charge < -0.3 is 5.32 Å². The highest BCUT2D eigenvalue weighted by atomic mass is 32.2. The molecule has 2 amide bonds. The Morgan fingerprint density at radius 1 is 1.39 bits per heavy atom. The van der Waals surface area contributed by atoms with Crippen LogP contribution in [0.4, 0.5) is 0 Å². The number of likely N-dealkylation sites (N-methyl/N-ethyl adjacent to an activating group) is 1. The van der Waals surface area contributed by atoms with Gasteiger partial charge in [0.2, 0.25) is 11.8 Å². The van der Waals surface area contributed by atoms with E-state index >= 15 is 0 Å². The van der Waals surface area contributed by atoms with E-state index in [1.165, 1.54) is 4.90 Å². The van der Waals surface area contributed by atoms with Gasteiger partial charge in [-0.05, 0) is 20.8 Å². The summed E-state index contributed by atoms with van der Waals surface area (Å²) in [6.45, 7) is 5.42. The second kappa shape index (κ2) is 4.97. The molecule has 0 aromatic rings. The first kappa shape index (κ1) is 15.1. The van der Waals surface area contributed by atoms with Crippen molar-refractivity contribution in [2.75, 3.05) is 19.3 Å². The number of nitrogens with one attached hydrogen (secondary N) is 1. The van der Waals surface area contributed by atoms with E-state index in [2.05, 4.69) is 5.32 Å². The van der Waals surface area contributed by atoms with Gasteiger partial charge in [0.25, 0.3) is 0 Å². The van der Waals surface area contributed by atoms with Gasteiger partial charge in [-0.1, -0.05) is 0 Å². The largest absolute Gasteiger partial charge is 0.304 e. The van der Waals surface area contributed by atoms with Crippen LogP contribution in [0.15, 0.2) is 0 Å². The molecule has 0 saturated carbocycles. The summed E-state index contributed by atoms with van der Waals surface area (Å²) in [6.07, 6.45) is 1.27. The van der Waals surface area contributed by atoms with E-state index in [0.29, 0.717) is 6.54 Å². The van der Waals surface area contributed by atoms with Gasteiger partial charge >= 0.3 is 0 Å². The molecule has 0 aromatic heterocycles. The van der Waals surface area contributed by atoms with E-state index in [4.69, 9.17) is 0 Å². The minimum absolute atomic E-state index is 0.104. The summed E-state index contributed by atoms with van der Waals surface area (Å²) in [6, 6.07) is -0.599. The molecule has 6 nitrogen and oxygen atoms in total. The quantitative estimate of drug-likeness (QED) is 0.687. The van der Waals surface area contributed by atoms with Crippen molar-refractivity contribution in [1.82, 2.24) is 10.2 Å². The van der Waals surface area contributed by atoms with Gasteiger partial charge in [0.05, 0.1) is 17.2 Å². The molecule has 7 heteroatoms. The zero-order valence-corrected chi connectivity index (χ0v) is 12.0. The normalized spacial score (nSPS) is 21.8. The van der Waals surface area contributed by atoms with Crippen LogP contribution < -0.4 is 5.32 Å². The van der Waals surface area contributed by atoms with Gasteiger partial charge in [-0.15, -0.1) is 0 Å². The molecule has 104 valence electrons. The van der Waals surface area contributed by atoms with Crippen LogP contribution in [0.1, 0.15) is 27.2 Å². The van der Waals surface area contributed by atoms with Crippen molar-refractivity contribution in [2.45, 2.75) is 38.0 Å². The average Bonchev–Trinajstić information content (AvgIpc) is 2.49. The summed E-state index contributed by atoms with van der Waals surface area (Å²) in [5.74, 6) is -0.482. The van der Waals surface area contributed by atoms with Gasteiger partial charge in [-0.3, -0.25) is 14.5 Å². The fourth-order valence-corrected chi connectivity index (χ4v) is 2.02. The maximum Gasteiger partial charge on any atom is 0.246 e. The molecule has 1 unspecified atom stereocenters. The highest BCUT2D eigenvalue weighted by Gasteiger charge is 2.39. The third-order valence-corrected chi connectivity index (χ3v) is 5.49. The fourth-order valence-electron chi connectivity index (χ4n) is 1.67. The van der Waals surface area contributed by atoms with E-state index in [9.17, 15) is 18.0 Å². The first-order valence-electron chi connectivity index (χ1n) is 5.87. The Morgan fingerprint density at radius 3 is 2.33 bits per heavy atom. The zero-order chi connectivity index (χ0) is 14.1. The molecular weight excluding hydrogens is 256 g/mol. The molecule has 1 heterocycles. The summed E-state index contributed by atoms with van der Waals surface area (Å²) in [4.78, 5) is 24.5. The highest BCUT2D eigenvalue weighted by molar-refractivity contribution is 7.92. The van der Waals surface area contributed by atoms with E-state index in [1.807, 2.05) is 0 Å². The average molecular weight is 276 g/mol. The topological polar surface area (TPSA) is 83.6 Å². The van der Waals surface area contributed by atoms with Crippen LogP contribution in [0.25, 0.3) is 0 Å². The Bertz CT molecular complexity index is 456. The van der Waals surface area contributed by atoms with Crippen molar-refractivity contribution in [3.63, 3.8) is 0 Å². The minimum atomic E-state index is -3.22. The van der Waals surface area contributed by atoms with Gasteiger partial charge in [-0.2, -0.15) is 0 Å². The van der Waals surface area contributed by atoms with Crippen LogP contribution in [0.2, 0.25) is 0 Å². The lowest BCUT2D eigenvalue weighted by Gasteiger charge is -2.24. The van der Waals surface area contributed by atoms with Gasteiger partial charge in [0.15, 0.2) is 9.84 Å². The van der Waals surface area contributed by atoms with Crippen molar-refractivity contribution in [3.8, 4) is 0 Å². The van der Waals surface area contributed by atoms with Crippen molar-refractivity contribution in [3.05, 3.63) is 0 Å². The summed E-state index contributed by atoms with van der Waals surface area (Å²) < 4.78 is 22.1. The van der Waals surface area contributed by atoms with Crippen molar-refractivity contribution < 1.29 is 18.0 Å². The molecular formula is C11H20N2O4S. The second-order valence-electron chi connectivity index (χ2n) is 5.15. The molecule has 1 saturated heterocycles. The number of imide groups is 1. The lowest BCUT2D eigenvalue weighted by molar-refractivity contribution is -0.138. The molecule has 18 heavy (non-hydrogen) atoms. The van der Waals surface area contributed by atoms with E-state index in [0.717, 1.165) is 6.26 Å². The Morgan fingerprint density at radius 2 is 1.94 bits per heavy atom. The smallest absolute Gasteiger partial charge is 0.246 e. The van der Waals surface area contributed by atoms with Crippen LogP contribution in [0.3, 0.4) is 0 Å². The third kappa shape index (κ3) is 2.89. The van der Waals surface area contributed by atoms with Crippen molar-refractivity contribution in [1.29, 1.82) is 0 Å². The number of rotatable bonds is 5. The third-order valence-electron chi connectivity index (χ3n) is 3.34. The standard InChI is InChI=1S/C11H20N2O4S/c1-5-13-9(14)6-8(10(13)15)12-7-11(2,3)18(4,16)17/h8,12H,5-7H2,1-4H3. The number of sulfone groups is 1.